The van der Waals surface area contributed by atoms with Gasteiger partial charge in [0.25, 0.3) is 0 Å². The Balaban J connectivity index is 0.000000143. The molecule has 0 bridgehead atoms. The predicted molar refractivity (Wildman–Crippen MR) is 567 cm³/mol. The molecule has 5 nitrogen and oxygen atoms in total. The molecule has 636 valence electrons. The number of hydrogen-bond donors (Lipinski definition) is 0. The Kier molecular flexibility index (Phi) is 19.6. The summed E-state index contributed by atoms with van der Waals surface area (Å²) in [5.41, 5.74) is 34.2. The summed E-state index contributed by atoms with van der Waals surface area (Å²) in [6, 6.07) is 162. The maximum Gasteiger partial charge on any atom is 0.143 e. The molecule has 0 radical (unpaired) electrons. The van der Waals surface area contributed by atoms with Crippen LogP contribution in [-0.2, 0) is 10.8 Å². The van der Waals surface area contributed by atoms with E-state index in [9.17, 15) is 0 Å². The van der Waals surface area contributed by atoms with Gasteiger partial charge in [0.1, 0.15) is 33.8 Å². The number of rotatable bonds is 16. The van der Waals surface area contributed by atoms with Crippen LogP contribution >= 0.6 is 34.4 Å². The van der Waals surface area contributed by atoms with E-state index in [0.29, 0.717) is 0 Å². The van der Waals surface area contributed by atoms with Gasteiger partial charge in [-0.25, -0.2) is 0 Å². The van der Waals surface area contributed by atoms with Gasteiger partial charge in [0.2, 0.25) is 0 Å². The number of ether oxygens (including phenoxy) is 1. The van der Waals surface area contributed by atoms with Gasteiger partial charge in [-0.15, -0.1) is 22.7 Å². The van der Waals surface area contributed by atoms with Crippen molar-refractivity contribution in [1.29, 1.82) is 0 Å². The van der Waals surface area contributed by atoms with Gasteiger partial charge in [0.15, 0.2) is 0 Å². The summed E-state index contributed by atoms with van der Waals surface area (Å²) < 4.78 is 25.1. The number of para-hydroxylation sites is 5. The molecular weight excluding hydrogens is 1690 g/mol. The van der Waals surface area contributed by atoms with Crippen LogP contribution in [0.5, 0.6) is 11.5 Å². The normalized spacial score (nSPS) is 12.8. The molecule has 24 aromatic rings. The second-order valence-electron chi connectivity index (χ2n) is 36.0. The molecule has 0 spiro atoms. The highest BCUT2D eigenvalue weighted by molar-refractivity contribution is 7.99. The maximum absolute atomic E-state index is 6.94. The lowest BCUT2D eigenvalue weighted by Gasteiger charge is -2.26. The van der Waals surface area contributed by atoms with Crippen LogP contribution in [-0.4, -0.2) is 0 Å². The molecule has 0 N–H and O–H groups in total. The van der Waals surface area contributed by atoms with Crippen LogP contribution in [0.2, 0.25) is 0 Å². The van der Waals surface area contributed by atoms with Gasteiger partial charge in [0.05, 0.1) is 0 Å². The summed E-state index contributed by atoms with van der Waals surface area (Å²) in [7, 11) is 0. The van der Waals surface area contributed by atoms with E-state index >= 15 is 0 Å². The molecule has 4 heterocycles. The lowest BCUT2D eigenvalue weighted by molar-refractivity contribution is 0.485. The Morgan fingerprint density at radius 3 is 0.993 bits per heavy atom. The average molecular weight is 1770 g/mol. The molecule has 134 heavy (non-hydrogen) atoms. The first-order valence-corrected chi connectivity index (χ1v) is 48.3. The molecule has 20 aromatic carbocycles. The van der Waals surface area contributed by atoms with Crippen molar-refractivity contribution >= 4 is 153 Å². The molecule has 2 aliphatic rings. The van der Waals surface area contributed by atoms with Crippen LogP contribution < -0.4 is 14.5 Å². The second kappa shape index (κ2) is 32.6. The van der Waals surface area contributed by atoms with Crippen LogP contribution in [0, 0.1) is 0 Å². The molecule has 0 atom stereocenters. The highest BCUT2D eigenvalue weighted by atomic mass is 32.2. The number of fused-ring (bicyclic) bond motifs is 18. The number of benzene rings is 20. The third-order valence-electron chi connectivity index (χ3n) is 27.6. The van der Waals surface area contributed by atoms with Crippen molar-refractivity contribution in [3.8, 4) is 101 Å². The van der Waals surface area contributed by atoms with E-state index in [2.05, 4.69) is 462 Å². The van der Waals surface area contributed by atoms with Gasteiger partial charge in [-0.05, 0) is 210 Å². The molecule has 0 saturated carbocycles. The topological polar surface area (TPSA) is 42.0 Å². The molecule has 0 saturated heterocycles. The fraction of sp³-hybridized carbons (Fsp3) is 0.0476. The minimum atomic E-state index is -0.108. The zero-order valence-corrected chi connectivity index (χ0v) is 76.5. The summed E-state index contributed by atoms with van der Waals surface area (Å²) >= 11 is 5.61. The Morgan fingerprint density at radius 1 is 0.224 bits per heavy atom. The second-order valence-corrected chi connectivity index (χ2v) is 39.2. The van der Waals surface area contributed by atoms with E-state index in [0.717, 1.165) is 123 Å². The average Bonchev–Trinajstić information content (AvgIpc) is 1.59. The van der Waals surface area contributed by atoms with Crippen molar-refractivity contribution in [1.82, 2.24) is 0 Å². The van der Waals surface area contributed by atoms with Gasteiger partial charge in [-0.3, -0.25) is 0 Å². The van der Waals surface area contributed by atoms with E-state index in [-0.39, 0.29) is 10.8 Å². The van der Waals surface area contributed by atoms with Crippen LogP contribution in [0.15, 0.2) is 468 Å². The molecular formula is C126H86N2O3S3. The quantitative estimate of drug-likeness (QED) is 0.0960. The number of anilines is 6. The lowest BCUT2D eigenvalue weighted by Crippen LogP contribution is -2.14. The van der Waals surface area contributed by atoms with E-state index in [1.165, 1.54) is 128 Å². The third-order valence-corrected chi connectivity index (χ3v) is 31.2. The minimum Gasteiger partial charge on any atom is -0.456 e. The molecule has 0 aliphatic heterocycles. The fourth-order valence-electron chi connectivity index (χ4n) is 21.0. The van der Waals surface area contributed by atoms with Crippen LogP contribution in [0.25, 0.3) is 173 Å². The number of nitrogens with zero attached hydrogens (tertiary/aromatic N) is 2. The molecule has 0 fully saturated rings. The number of furan rings is 2. The molecule has 0 unspecified atom stereocenters. The minimum absolute atomic E-state index is 0.0415. The third kappa shape index (κ3) is 13.6. The van der Waals surface area contributed by atoms with Crippen LogP contribution in [0.4, 0.5) is 34.1 Å². The van der Waals surface area contributed by atoms with Crippen LogP contribution in [0.1, 0.15) is 49.9 Å². The van der Waals surface area contributed by atoms with E-state index in [1.807, 2.05) is 58.7 Å². The molecule has 4 aromatic heterocycles. The zero-order chi connectivity index (χ0) is 89.3. The first-order valence-electron chi connectivity index (χ1n) is 45.8. The summed E-state index contributed by atoms with van der Waals surface area (Å²) in [6.45, 7) is 9.31. The van der Waals surface area contributed by atoms with Gasteiger partial charge in [0, 0.05) is 139 Å². The lowest BCUT2D eigenvalue weighted by atomic mass is 9.82. The summed E-state index contributed by atoms with van der Waals surface area (Å²) in [5, 5.41) is 9.76. The monoisotopic (exact) mass is 1770 g/mol. The highest BCUT2D eigenvalue weighted by Crippen LogP contribution is 2.57. The molecule has 0 amide bonds. The Hall–Kier alpha value is -15.8. The van der Waals surface area contributed by atoms with Crippen molar-refractivity contribution < 1.29 is 13.6 Å². The van der Waals surface area contributed by atoms with Crippen LogP contribution in [0.3, 0.4) is 0 Å². The Labute approximate surface area is 790 Å². The standard InChI is InChI=1S/C63H43NO2S.C63H43NOS2/c1-63(2)54-22-7-3-17-53(54)60-55(63)23-13-26-58(60)65-56-24-8-4-14-46(56)40-28-34-43(35-29-40)64(44-36-30-41(31-37-44)47-18-11-20-51-49-15-5-9-25-57(49)66-61(47)51)45-38-32-42(33-39-45)48-19-12-21-52-50-16-6-10-27-59(50)67-62(48)52;1-63(2)54-22-7-3-17-53(54)60-55(63)23-13-27-59(60)66-57-25-9-5-14-46(57)40-28-34-43(35-29-40)64(44-36-30-41(31-37-44)47-18-11-20-51-49-15-4-8-24-56(49)65-61(47)51)45-38-32-42(33-39-45)48-19-12-21-52-50-16-6-10-26-58(50)67-62(48)52/h2*3-39H,1-2H3. The van der Waals surface area contributed by atoms with Crippen molar-refractivity contribution in [3.05, 3.63) is 471 Å². The first kappa shape index (κ1) is 80.3. The molecule has 8 heteroatoms. The van der Waals surface area contributed by atoms with E-state index in [1.54, 1.807) is 0 Å². The fourth-order valence-corrected chi connectivity index (χ4v) is 24.6. The van der Waals surface area contributed by atoms with E-state index in [4.69, 9.17) is 13.6 Å². The molecule has 2 aliphatic carbocycles. The van der Waals surface area contributed by atoms with Gasteiger partial charge in [-0.1, -0.05) is 367 Å². The Morgan fingerprint density at radius 2 is 0.522 bits per heavy atom. The SMILES string of the molecule is CC1(C)c2ccccc2-c2c(Oc3ccccc3-c3ccc(N(c4ccc(-c5cccc6c5oc5ccccc56)cc4)c4ccc(-c5cccc6c5sc5ccccc56)cc4)cc3)cccc21.CC1(C)c2ccccc2-c2c(Sc3ccccc3-c3ccc(N(c4ccc(-c5cccc6c5oc5ccccc56)cc4)c4ccc(-c5cccc6c5sc5ccccc56)cc4)cc3)cccc21. The predicted octanol–water partition coefficient (Wildman–Crippen LogP) is 37.4. The largest absolute Gasteiger partial charge is 0.456 e. The first-order chi connectivity index (χ1) is 65.9. The van der Waals surface area contributed by atoms with Crippen molar-refractivity contribution in [2.24, 2.45) is 0 Å². The summed E-state index contributed by atoms with van der Waals surface area (Å²) in [5.74, 6) is 1.69. The number of hydrogen-bond acceptors (Lipinski definition) is 8. The maximum atomic E-state index is 6.94. The smallest absolute Gasteiger partial charge is 0.143 e. The highest BCUT2D eigenvalue weighted by Gasteiger charge is 2.39. The van der Waals surface area contributed by atoms with Gasteiger partial charge < -0.3 is 23.4 Å². The van der Waals surface area contributed by atoms with Crippen molar-refractivity contribution in [2.45, 2.75) is 48.3 Å². The Bertz CT molecular complexity index is 7910. The zero-order valence-electron chi connectivity index (χ0n) is 74.1. The van der Waals surface area contributed by atoms with Gasteiger partial charge in [-0.2, -0.15) is 0 Å². The number of thiophene rings is 2. The summed E-state index contributed by atoms with van der Waals surface area (Å²) in [4.78, 5) is 7.24. The van der Waals surface area contributed by atoms with Gasteiger partial charge >= 0.3 is 0 Å². The summed E-state index contributed by atoms with van der Waals surface area (Å²) in [6.07, 6.45) is 0. The van der Waals surface area contributed by atoms with Crippen molar-refractivity contribution in [3.63, 3.8) is 0 Å². The van der Waals surface area contributed by atoms with E-state index < -0.39 is 0 Å². The molecule has 26 rings (SSSR count). The van der Waals surface area contributed by atoms with Crippen molar-refractivity contribution in [2.75, 3.05) is 9.80 Å².